The molecule has 0 saturated heterocycles. The molecule has 0 bridgehead atoms. The third-order valence-electron chi connectivity index (χ3n) is 6.08. The van der Waals surface area contributed by atoms with E-state index in [2.05, 4.69) is 34.6 Å². The Morgan fingerprint density at radius 1 is 0.882 bits per heavy atom. The van der Waals surface area contributed by atoms with Crippen molar-refractivity contribution in [2.45, 2.75) is 25.3 Å². The standard InChI is InChI=1S/C28H25N3O2S/c32-26(18-23(20-10-4-1-5-11-20)21-12-6-2-7-13-21)30-28-29-24-16-17-31(19-25(24)34-28)27(33)22-14-8-3-9-15-22/h1-15,23H,16-19H2,(H,29,30,32). The summed E-state index contributed by atoms with van der Waals surface area (Å²) in [6.45, 7) is 1.15. The zero-order valence-corrected chi connectivity index (χ0v) is 19.5. The highest BCUT2D eigenvalue weighted by Gasteiger charge is 2.26. The molecule has 4 aromatic rings. The number of nitrogens with zero attached hydrogens (tertiary/aromatic N) is 2. The Bertz CT molecular complexity index is 1230. The first-order valence-electron chi connectivity index (χ1n) is 11.4. The van der Waals surface area contributed by atoms with E-state index in [0.29, 0.717) is 36.6 Å². The van der Waals surface area contributed by atoms with Crippen LogP contribution in [0.2, 0.25) is 0 Å². The lowest BCUT2D eigenvalue weighted by Crippen LogP contribution is -2.35. The molecule has 3 aromatic carbocycles. The average molecular weight is 468 g/mol. The molecule has 1 aliphatic heterocycles. The number of amides is 2. The summed E-state index contributed by atoms with van der Waals surface area (Å²) in [6, 6.07) is 29.6. The molecule has 5 rings (SSSR count). The van der Waals surface area contributed by atoms with Crippen LogP contribution in [0.1, 0.15) is 44.4 Å². The smallest absolute Gasteiger partial charge is 0.254 e. The lowest BCUT2D eigenvalue weighted by molar-refractivity contribution is -0.116. The third-order valence-corrected chi connectivity index (χ3v) is 7.08. The zero-order chi connectivity index (χ0) is 23.3. The molecule has 6 heteroatoms. The quantitative estimate of drug-likeness (QED) is 0.407. The van der Waals surface area contributed by atoms with Crippen molar-refractivity contribution in [3.63, 3.8) is 0 Å². The Morgan fingerprint density at radius 3 is 2.09 bits per heavy atom. The van der Waals surface area contributed by atoms with Crippen LogP contribution in [-0.4, -0.2) is 28.2 Å². The fraction of sp³-hybridized carbons (Fsp3) is 0.179. The number of carbonyl (C=O) groups is 2. The maximum absolute atomic E-state index is 13.0. The lowest BCUT2D eigenvalue weighted by atomic mass is 9.88. The number of aromatic nitrogens is 1. The first kappa shape index (κ1) is 22.0. The van der Waals surface area contributed by atoms with Crippen molar-refractivity contribution in [3.8, 4) is 0 Å². The van der Waals surface area contributed by atoms with Gasteiger partial charge in [-0.3, -0.25) is 9.59 Å². The van der Waals surface area contributed by atoms with Crippen LogP contribution < -0.4 is 5.32 Å². The number of benzene rings is 3. The summed E-state index contributed by atoms with van der Waals surface area (Å²) < 4.78 is 0. The van der Waals surface area contributed by atoms with Crippen molar-refractivity contribution in [1.82, 2.24) is 9.88 Å². The van der Waals surface area contributed by atoms with Crippen LogP contribution in [0.25, 0.3) is 0 Å². The van der Waals surface area contributed by atoms with Crippen LogP contribution in [0.15, 0.2) is 91.0 Å². The van der Waals surface area contributed by atoms with Gasteiger partial charge >= 0.3 is 0 Å². The molecule has 2 amide bonds. The number of rotatable bonds is 6. The van der Waals surface area contributed by atoms with E-state index in [1.807, 2.05) is 71.6 Å². The largest absolute Gasteiger partial charge is 0.333 e. The van der Waals surface area contributed by atoms with Crippen molar-refractivity contribution in [2.75, 3.05) is 11.9 Å². The van der Waals surface area contributed by atoms with Crippen molar-refractivity contribution < 1.29 is 9.59 Å². The Labute approximate surface area is 203 Å². The molecule has 1 aromatic heterocycles. The maximum Gasteiger partial charge on any atom is 0.254 e. The minimum absolute atomic E-state index is 0.0267. The van der Waals surface area contributed by atoms with E-state index in [4.69, 9.17) is 0 Å². The van der Waals surface area contributed by atoms with Gasteiger partial charge in [0, 0.05) is 35.7 Å². The van der Waals surface area contributed by atoms with E-state index < -0.39 is 0 Å². The Hall–Kier alpha value is -3.77. The molecular formula is C28H25N3O2S. The molecule has 0 aliphatic carbocycles. The molecule has 0 fully saturated rings. The minimum Gasteiger partial charge on any atom is -0.333 e. The van der Waals surface area contributed by atoms with Crippen LogP contribution in [0.5, 0.6) is 0 Å². The average Bonchev–Trinajstić information content (AvgIpc) is 3.29. The monoisotopic (exact) mass is 467 g/mol. The predicted octanol–water partition coefficient (Wildman–Crippen LogP) is 5.50. The molecule has 0 saturated carbocycles. The SMILES string of the molecule is O=C(CC(c1ccccc1)c1ccccc1)Nc1nc2c(s1)CN(C(=O)c1ccccc1)CC2. The van der Waals surface area contributed by atoms with Crippen molar-refractivity contribution in [3.05, 3.63) is 118 Å². The molecule has 2 heterocycles. The summed E-state index contributed by atoms with van der Waals surface area (Å²) in [5.74, 6) is -0.0733. The molecule has 5 nitrogen and oxygen atoms in total. The van der Waals surface area contributed by atoms with Crippen molar-refractivity contribution >= 4 is 28.3 Å². The fourth-order valence-corrected chi connectivity index (χ4v) is 5.38. The summed E-state index contributed by atoms with van der Waals surface area (Å²) in [5, 5.41) is 3.61. The number of anilines is 1. The van der Waals surface area contributed by atoms with Crippen molar-refractivity contribution in [1.29, 1.82) is 0 Å². The molecule has 1 aliphatic rings. The number of hydrogen-bond donors (Lipinski definition) is 1. The van der Waals surface area contributed by atoms with Gasteiger partial charge in [0.2, 0.25) is 5.91 Å². The van der Waals surface area contributed by atoms with Gasteiger partial charge in [0.05, 0.1) is 12.2 Å². The number of carbonyl (C=O) groups excluding carboxylic acids is 2. The topological polar surface area (TPSA) is 62.3 Å². The first-order valence-corrected chi connectivity index (χ1v) is 12.2. The van der Waals surface area contributed by atoms with Gasteiger partial charge in [-0.2, -0.15) is 0 Å². The zero-order valence-electron chi connectivity index (χ0n) is 18.7. The molecule has 0 unspecified atom stereocenters. The molecule has 0 atom stereocenters. The van der Waals surface area contributed by atoms with E-state index in [1.54, 1.807) is 0 Å². The van der Waals surface area contributed by atoms with Gasteiger partial charge in [-0.15, -0.1) is 0 Å². The summed E-state index contributed by atoms with van der Waals surface area (Å²) in [4.78, 5) is 33.4. The van der Waals surface area contributed by atoms with E-state index in [-0.39, 0.29) is 17.7 Å². The van der Waals surface area contributed by atoms with E-state index >= 15 is 0 Å². The van der Waals surface area contributed by atoms with Gasteiger partial charge in [-0.05, 0) is 23.3 Å². The van der Waals surface area contributed by atoms with E-state index in [0.717, 1.165) is 21.7 Å². The Kier molecular flexibility index (Phi) is 6.49. The third kappa shape index (κ3) is 4.92. The van der Waals surface area contributed by atoms with Crippen LogP contribution in [0.3, 0.4) is 0 Å². The molecule has 0 radical (unpaired) electrons. The summed E-state index contributed by atoms with van der Waals surface area (Å²) >= 11 is 1.46. The van der Waals surface area contributed by atoms with Gasteiger partial charge in [-0.1, -0.05) is 90.2 Å². The van der Waals surface area contributed by atoms with Gasteiger partial charge in [-0.25, -0.2) is 4.98 Å². The lowest BCUT2D eigenvalue weighted by Gasteiger charge is -2.26. The second-order valence-corrected chi connectivity index (χ2v) is 9.44. The van der Waals surface area contributed by atoms with Crippen molar-refractivity contribution in [2.24, 2.45) is 0 Å². The Morgan fingerprint density at radius 2 is 1.47 bits per heavy atom. The van der Waals surface area contributed by atoms with Crippen LogP contribution in [0, 0.1) is 0 Å². The molecule has 1 N–H and O–H groups in total. The van der Waals surface area contributed by atoms with Crippen LogP contribution in [0.4, 0.5) is 5.13 Å². The van der Waals surface area contributed by atoms with E-state index in [1.165, 1.54) is 11.3 Å². The van der Waals surface area contributed by atoms with Crippen LogP contribution in [-0.2, 0) is 17.8 Å². The summed E-state index contributed by atoms with van der Waals surface area (Å²) in [5.41, 5.74) is 3.88. The minimum atomic E-state index is -0.0685. The predicted molar refractivity (Wildman–Crippen MR) is 135 cm³/mol. The van der Waals surface area contributed by atoms with Crippen LogP contribution >= 0.6 is 11.3 Å². The van der Waals surface area contributed by atoms with Gasteiger partial charge in [0.15, 0.2) is 5.13 Å². The highest BCUT2D eigenvalue weighted by atomic mass is 32.1. The molecule has 34 heavy (non-hydrogen) atoms. The van der Waals surface area contributed by atoms with Gasteiger partial charge in [0.25, 0.3) is 5.91 Å². The van der Waals surface area contributed by atoms with Gasteiger partial charge in [0.1, 0.15) is 0 Å². The fourth-order valence-electron chi connectivity index (χ4n) is 4.34. The Balaban J connectivity index is 1.28. The molecular weight excluding hydrogens is 442 g/mol. The maximum atomic E-state index is 13.0. The number of fused-ring (bicyclic) bond motifs is 1. The highest BCUT2D eigenvalue weighted by Crippen LogP contribution is 2.31. The summed E-state index contributed by atoms with van der Waals surface area (Å²) in [7, 11) is 0. The number of hydrogen-bond acceptors (Lipinski definition) is 4. The highest BCUT2D eigenvalue weighted by molar-refractivity contribution is 7.15. The first-order chi connectivity index (χ1) is 16.7. The molecule has 170 valence electrons. The van der Waals surface area contributed by atoms with E-state index in [9.17, 15) is 9.59 Å². The number of thiazole rings is 1. The second-order valence-electron chi connectivity index (χ2n) is 8.36. The number of nitrogens with one attached hydrogen (secondary N) is 1. The second kappa shape index (κ2) is 10.0. The molecule has 0 spiro atoms. The van der Waals surface area contributed by atoms with Gasteiger partial charge < -0.3 is 10.2 Å². The summed E-state index contributed by atoms with van der Waals surface area (Å²) in [6.07, 6.45) is 1.02. The normalized spacial score (nSPS) is 12.9.